The average molecular weight is 297 g/mol. The van der Waals surface area contributed by atoms with Crippen molar-refractivity contribution in [3.63, 3.8) is 0 Å². The topological polar surface area (TPSA) is 114 Å². The van der Waals surface area contributed by atoms with Crippen LogP contribution < -0.4 is 4.74 Å². The summed E-state index contributed by atoms with van der Waals surface area (Å²) in [7, 11) is 0. The molecule has 0 bridgehead atoms. The van der Waals surface area contributed by atoms with Gasteiger partial charge < -0.3 is 4.74 Å². The maximum atomic E-state index is 10.9. The summed E-state index contributed by atoms with van der Waals surface area (Å²) in [6.45, 7) is 3.96. The third-order valence-corrected chi connectivity index (χ3v) is 2.79. The van der Waals surface area contributed by atoms with E-state index in [0.29, 0.717) is 5.57 Å². The van der Waals surface area contributed by atoms with E-state index in [2.05, 4.69) is 21.6 Å². The summed E-state index contributed by atoms with van der Waals surface area (Å²) in [5, 5.41) is 14.3. The van der Waals surface area contributed by atoms with Crippen LogP contribution in [0.15, 0.2) is 54.4 Å². The minimum absolute atomic E-state index is 0.0841. The number of aromatic nitrogens is 1. The molecular weight excluding hydrogens is 286 g/mol. The fourth-order valence-corrected chi connectivity index (χ4v) is 1.74. The first kappa shape index (κ1) is 15.0. The van der Waals surface area contributed by atoms with E-state index in [1.54, 1.807) is 18.5 Å². The molecule has 0 spiro atoms. The summed E-state index contributed by atoms with van der Waals surface area (Å²) < 4.78 is 5.50. The van der Waals surface area contributed by atoms with Crippen LogP contribution in [0.1, 0.15) is 5.56 Å². The number of hydrogen-bond acceptors (Lipinski definition) is 5. The lowest BCUT2D eigenvalue weighted by Crippen LogP contribution is -2.01. The Bertz CT molecular complexity index is 754. The second-order valence-electron chi connectivity index (χ2n) is 4.20. The molecule has 22 heavy (non-hydrogen) atoms. The fraction of sp³-hybridized carbons (Fsp3) is 0.0714. The second-order valence-corrected chi connectivity index (χ2v) is 4.20. The third kappa shape index (κ3) is 3.38. The molecule has 1 aromatic heterocycles. The standard InChI is InChI=1S/C14H11N5O3/c1-10(11-4-3-7-16-8-11)9-22-13-6-2-5-12(19(20)21)14(13)17-18-15/h2-8H,1,9H2. The van der Waals surface area contributed by atoms with Crippen LogP contribution in [-0.4, -0.2) is 16.5 Å². The molecule has 0 atom stereocenters. The van der Waals surface area contributed by atoms with Gasteiger partial charge in [0, 0.05) is 23.4 Å². The number of rotatable bonds is 6. The molecule has 0 radical (unpaired) electrons. The van der Waals surface area contributed by atoms with Gasteiger partial charge in [0.15, 0.2) is 5.69 Å². The Morgan fingerprint density at radius 1 is 1.45 bits per heavy atom. The van der Waals surface area contributed by atoms with Crippen LogP contribution in [0.5, 0.6) is 5.75 Å². The highest BCUT2D eigenvalue weighted by molar-refractivity contribution is 5.68. The number of hydrogen-bond donors (Lipinski definition) is 0. The number of pyridine rings is 1. The summed E-state index contributed by atoms with van der Waals surface area (Å²) in [4.78, 5) is 16.9. The van der Waals surface area contributed by atoms with Crippen LogP contribution in [0.3, 0.4) is 0 Å². The lowest BCUT2D eigenvalue weighted by molar-refractivity contribution is -0.384. The monoisotopic (exact) mass is 297 g/mol. The maximum Gasteiger partial charge on any atom is 0.282 e. The van der Waals surface area contributed by atoms with E-state index >= 15 is 0 Å². The zero-order chi connectivity index (χ0) is 15.9. The molecule has 0 N–H and O–H groups in total. The van der Waals surface area contributed by atoms with Gasteiger partial charge in [-0.25, -0.2) is 0 Å². The number of ether oxygens (including phenoxy) is 1. The average Bonchev–Trinajstić information content (AvgIpc) is 2.54. The number of nitrogens with zero attached hydrogens (tertiary/aromatic N) is 5. The van der Waals surface area contributed by atoms with Crippen molar-refractivity contribution in [3.8, 4) is 5.75 Å². The van der Waals surface area contributed by atoms with Crippen molar-refractivity contribution >= 4 is 16.9 Å². The molecule has 1 aromatic carbocycles. The Balaban J connectivity index is 2.23. The van der Waals surface area contributed by atoms with Crippen LogP contribution in [0, 0.1) is 10.1 Å². The molecule has 110 valence electrons. The van der Waals surface area contributed by atoms with Gasteiger partial charge in [0.25, 0.3) is 5.69 Å². The van der Waals surface area contributed by atoms with Crippen molar-refractivity contribution in [1.29, 1.82) is 0 Å². The molecule has 0 fully saturated rings. The van der Waals surface area contributed by atoms with E-state index in [1.807, 2.05) is 6.07 Å². The summed E-state index contributed by atoms with van der Waals surface area (Å²) in [5.74, 6) is 0.122. The predicted molar refractivity (Wildman–Crippen MR) is 80.7 cm³/mol. The molecule has 0 aliphatic carbocycles. The largest absolute Gasteiger partial charge is 0.488 e. The van der Waals surface area contributed by atoms with Gasteiger partial charge in [-0.1, -0.05) is 18.7 Å². The number of azide groups is 1. The predicted octanol–water partition coefficient (Wildman–Crippen LogP) is 4.02. The molecule has 0 unspecified atom stereocenters. The minimum Gasteiger partial charge on any atom is -0.488 e. The molecular formula is C14H11N5O3. The van der Waals surface area contributed by atoms with E-state index in [1.165, 1.54) is 18.2 Å². The molecule has 8 nitrogen and oxygen atoms in total. The van der Waals surface area contributed by atoms with Crippen molar-refractivity contribution in [2.75, 3.05) is 6.61 Å². The van der Waals surface area contributed by atoms with Gasteiger partial charge in [0.2, 0.25) is 0 Å². The fourth-order valence-electron chi connectivity index (χ4n) is 1.74. The molecule has 8 heteroatoms. The Labute approximate surface area is 125 Å². The van der Waals surface area contributed by atoms with Crippen molar-refractivity contribution in [3.05, 3.63) is 75.4 Å². The van der Waals surface area contributed by atoms with Gasteiger partial charge in [-0.05, 0) is 33.9 Å². The maximum absolute atomic E-state index is 10.9. The lowest BCUT2D eigenvalue weighted by Gasteiger charge is -2.10. The molecule has 1 heterocycles. The first-order valence-electron chi connectivity index (χ1n) is 6.17. The SMILES string of the molecule is C=C(COc1cccc([N+](=O)[O-])c1N=[N+]=[N-])c1cccnc1. The highest BCUT2D eigenvalue weighted by atomic mass is 16.6. The van der Waals surface area contributed by atoms with Gasteiger partial charge >= 0.3 is 0 Å². The molecule has 2 rings (SSSR count). The summed E-state index contributed by atoms with van der Waals surface area (Å²) in [5.41, 5.74) is 9.52. The van der Waals surface area contributed by atoms with Crippen LogP contribution in [-0.2, 0) is 0 Å². The number of nitro benzene ring substituents is 1. The van der Waals surface area contributed by atoms with Crippen LogP contribution in [0.4, 0.5) is 11.4 Å². The lowest BCUT2D eigenvalue weighted by atomic mass is 10.1. The number of benzene rings is 1. The molecule has 0 saturated carbocycles. The summed E-state index contributed by atoms with van der Waals surface area (Å²) >= 11 is 0. The van der Waals surface area contributed by atoms with Crippen LogP contribution in [0.2, 0.25) is 0 Å². The van der Waals surface area contributed by atoms with Crippen LogP contribution in [0.25, 0.3) is 16.0 Å². The third-order valence-electron chi connectivity index (χ3n) is 2.79. The molecule has 0 saturated heterocycles. The number of nitro groups is 1. The van der Waals surface area contributed by atoms with Crippen molar-refractivity contribution in [2.24, 2.45) is 5.11 Å². The van der Waals surface area contributed by atoms with Gasteiger partial charge in [0.1, 0.15) is 12.4 Å². The first-order chi connectivity index (χ1) is 10.6. The summed E-state index contributed by atoms with van der Waals surface area (Å²) in [6.07, 6.45) is 3.27. The zero-order valence-electron chi connectivity index (χ0n) is 11.4. The highest BCUT2D eigenvalue weighted by Crippen LogP contribution is 2.37. The molecule has 0 aliphatic rings. The highest BCUT2D eigenvalue weighted by Gasteiger charge is 2.17. The van der Waals surface area contributed by atoms with Gasteiger partial charge in [0.05, 0.1) is 4.92 Å². The molecule has 2 aromatic rings. The zero-order valence-corrected chi connectivity index (χ0v) is 11.4. The minimum atomic E-state index is -0.632. The normalized spacial score (nSPS) is 9.64. The molecule has 0 aliphatic heterocycles. The van der Waals surface area contributed by atoms with Crippen molar-refractivity contribution in [2.45, 2.75) is 0 Å². The van der Waals surface area contributed by atoms with Gasteiger partial charge in [-0.15, -0.1) is 0 Å². The van der Waals surface area contributed by atoms with E-state index in [9.17, 15) is 10.1 Å². The van der Waals surface area contributed by atoms with E-state index < -0.39 is 4.92 Å². The Kier molecular flexibility index (Phi) is 4.69. The van der Waals surface area contributed by atoms with Gasteiger partial charge in [-0.3, -0.25) is 15.1 Å². The first-order valence-corrected chi connectivity index (χ1v) is 6.17. The van der Waals surface area contributed by atoms with E-state index in [0.717, 1.165) is 5.56 Å². The van der Waals surface area contributed by atoms with E-state index in [-0.39, 0.29) is 23.7 Å². The van der Waals surface area contributed by atoms with Gasteiger partial charge in [-0.2, -0.15) is 0 Å². The smallest absolute Gasteiger partial charge is 0.282 e. The van der Waals surface area contributed by atoms with Crippen LogP contribution >= 0.6 is 0 Å². The van der Waals surface area contributed by atoms with Crippen molar-refractivity contribution in [1.82, 2.24) is 4.98 Å². The molecule has 0 amide bonds. The Morgan fingerprint density at radius 2 is 2.27 bits per heavy atom. The summed E-state index contributed by atoms with van der Waals surface area (Å²) in [6, 6.07) is 7.77. The van der Waals surface area contributed by atoms with E-state index in [4.69, 9.17) is 10.3 Å². The Morgan fingerprint density at radius 3 is 2.91 bits per heavy atom. The Hall–Kier alpha value is -3.38. The quantitative estimate of drug-likeness (QED) is 0.263. The van der Waals surface area contributed by atoms with Crippen molar-refractivity contribution < 1.29 is 9.66 Å². The second kappa shape index (κ2) is 6.87.